The van der Waals surface area contributed by atoms with Crippen LogP contribution in [0.1, 0.15) is 37.3 Å². The predicted molar refractivity (Wildman–Crippen MR) is 84.8 cm³/mol. The molecule has 3 heteroatoms. The summed E-state index contributed by atoms with van der Waals surface area (Å²) in [6, 6.07) is 14.9. The Bertz CT molecular complexity index is 570. The van der Waals surface area contributed by atoms with Gasteiger partial charge in [-0.15, -0.1) is 0 Å². The fourth-order valence-electron chi connectivity index (χ4n) is 2.49. The zero-order valence-electron chi connectivity index (χ0n) is 11.6. The Morgan fingerprint density at radius 1 is 1.15 bits per heavy atom. The summed E-state index contributed by atoms with van der Waals surface area (Å²) in [6.45, 7) is 2.11. The summed E-state index contributed by atoms with van der Waals surface area (Å²) in [6.07, 6.45) is 2.58. The van der Waals surface area contributed by atoms with Crippen molar-refractivity contribution >= 4 is 17.3 Å². The molecule has 0 radical (unpaired) electrons. The number of anilines is 1. The van der Waals surface area contributed by atoms with Crippen LogP contribution in [-0.4, -0.2) is 5.11 Å². The number of hydrogen-bond donors (Lipinski definition) is 2. The van der Waals surface area contributed by atoms with Gasteiger partial charge in [-0.2, -0.15) is 0 Å². The smallest absolute Gasteiger partial charge is 0.117 e. The average molecular weight is 290 g/mol. The van der Waals surface area contributed by atoms with E-state index in [0.717, 1.165) is 24.0 Å². The van der Waals surface area contributed by atoms with E-state index in [4.69, 9.17) is 17.3 Å². The van der Waals surface area contributed by atoms with Crippen LogP contribution < -0.4 is 5.73 Å². The lowest BCUT2D eigenvalue weighted by atomic mass is 9.81. The molecule has 0 amide bonds. The van der Waals surface area contributed by atoms with Crippen molar-refractivity contribution in [3.8, 4) is 0 Å². The topological polar surface area (TPSA) is 46.2 Å². The number of halogens is 1. The molecular formula is C17H20ClNO. The third kappa shape index (κ3) is 2.97. The molecule has 0 fully saturated rings. The van der Waals surface area contributed by atoms with E-state index in [9.17, 15) is 5.11 Å². The van der Waals surface area contributed by atoms with Gasteiger partial charge in [0.2, 0.25) is 0 Å². The molecule has 0 aliphatic heterocycles. The maximum absolute atomic E-state index is 11.2. The highest BCUT2D eigenvalue weighted by Gasteiger charge is 2.32. The lowest BCUT2D eigenvalue weighted by Crippen LogP contribution is -2.28. The van der Waals surface area contributed by atoms with Gasteiger partial charge in [-0.25, -0.2) is 0 Å². The lowest BCUT2D eigenvalue weighted by Gasteiger charge is -2.30. The van der Waals surface area contributed by atoms with Crippen molar-refractivity contribution < 1.29 is 5.11 Å². The van der Waals surface area contributed by atoms with Crippen molar-refractivity contribution in [1.82, 2.24) is 0 Å². The van der Waals surface area contributed by atoms with Crippen molar-refractivity contribution in [2.75, 3.05) is 5.73 Å². The Morgan fingerprint density at radius 3 is 2.45 bits per heavy atom. The van der Waals surface area contributed by atoms with Gasteiger partial charge in [0.15, 0.2) is 0 Å². The summed E-state index contributed by atoms with van der Waals surface area (Å²) in [7, 11) is 0. The molecule has 0 aliphatic carbocycles. The van der Waals surface area contributed by atoms with Crippen LogP contribution in [0.3, 0.4) is 0 Å². The Balaban J connectivity index is 2.51. The summed E-state index contributed by atoms with van der Waals surface area (Å²) < 4.78 is 0. The molecule has 2 aromatic carbocycles. The fraction of sp³-hybridized carbons (Fsp3) is 0.294. The van der Waals surface area contributed by atoms with Gasteiger partial charge < -0.3 is 10.8 Å². The largest absolute Gasteiger partial charge is 0.398 e. The number of rotatable bonds is 5. The first-order valence-corrected chi connectivity index (χ1v) is 7.29. The van der Waals surface area contributed by atoms with Gasteiger partial charge in [0, 0.05) is 16.3 Å². The first-order chi connectivity index (χ1) is 9.58. The standard InChI is InChI=1S/C17H20ClNO/c1-2-3-11-17(20,13-7-5-4-6-8-13)15-10-9-14(18)12-16(15)19/h4-10,12,20H,2-3,11,19H2,1H3. The number of aliphatic hydroxyl groups is 1. The summed E-state index contributed by atoms with van der Waals surface area (Å²) in [4.78, 5) is 0. The molecule has 0 saturated heterocycles. The first kappa shape index (κ1) is 14.9. The molecule has 2 rings (SSSR count). The van der Waals surface area contributed by atoms with E-state index in [-0.39, 0.29) is 0 Å². The highest BCUT2D eigenvalue weighted by molar-refractivity contribution is 6.30. The Labute approximate surface area is 125 Å². The minimum absolute atomic E-state index is 0.528. The number of nitrogens with two attached hydrogens (primary N) is 1. The fourth-order valence-corrected chi connectivity index (χ4v) is 2.67. The number of nitrogen functional groups attached to an aromatic ring is 1. The summed E-state index contributed by atoms with van der Waals surface area (Å²) in [5, 5.41) is 11.8. The second kappa shape index (κ2) is 6.29. The van der Waals surface area contributed by atoms with Gasteiger partial charge in [-0.05, 0) is 24.1 Å². The van der Waals surface area contributed by atoms with Crippen molar-refractivity contribution in [1.29, 1.82) is 0 Å². The van der Waals surface area contributed by atoms with Crippen LogP contribution in [0.15, 0.2) is 48.5 Å². The maximum Gasteiger partial charge on any atom is 0.117 e. The van der Waals surface area contributed by atoms with Gasteiger partial charge in [0.05, 0.1) is 0 Å². The van der Waals surface area contributed by atoms with Crippen molar-refractivity contribution in [2.24, 2.45) is 0 Å². The third-order valence-corrected chi connectivity index (χ3v) is 3.84. The molecule has 2 nitrogen and oxygen atoms in total. The zero-order chi connectivity index (χ0) is 14.6. The third-order valence-electron chi connectivity index (χ3n) is 3.60. The molecule has 0 heterocycles. The molecule has 1 atom stereocenters. The van der Waals surface area contributed by atoms with Crippen LogP contribution in [0.2, 0.25) is 5.02 Å². The van der Waals surface area contributed by atoms with E-state index in [1.165, 1.54) is 0 Å². The number of unbranched alkanes of at least 4 members (excludes halogenated alkanes) is 1. The van der Waals surface area contributed by atoms with Crippen LogP contribution in [0, 0.1) is 0 Å². The van der Waals surface area contributed by atoms with Gasteiger partial charge in [0.25, 0.3) is 0 Å². The second-order valence-corrected chi connectivity index (χ2v) is 5.50. The van der Waals surface area contributed by atoms with Crippen LogP contribution in [-0.2, 0) is 5.60 Å². The Hall–Kier alpha value is -1.51. The van der Waals surface area contributed by atoms with E-state index in [1.807, 2.05) is 36.4 Å². The van der Waals surface area contributed by atoms with E-state index in [2.05, 4.69) is 6.92 Å². The summed E-state index contributed by atoms with van der Waals surface area (Å²) in [5.41, 5.74) is 7.12. The first-order valence-electron chi connectivity index (χ1n) is 6.91. The van der Waals surface area contributed by atoms with Crippen LogP contribution in [0.5, 0.6) is 0 Å². The van der Waals surface area contributed by atoms with Gasteiger partial charge in [-0.3, -0.25) is 0 Å². The molecule has 1 unspecified atom stereocenters. The monoisotopic (exact) mass is 289 g/mol. The highest BCUT2D eigenvalue weighted by atomic mass is 35.5. The molecule has 0 aromatic heterocycles. The summed E-state index contributed by atoms with van der Waals surface area (Å²) >= 11 is 5.96. The Morgan fingerprint density at radius 2 is 1.85 bits per heavy atom. The molecule has 0 saturated carbocycles. The molecular weight excluding hydrogens is 270 g/mol. The quantitative estimate of drug-likeness (QED) is 0.804. The lowest BCUT2D eigenvalue weighted by molar-refractivity contribution is 0.0692. The van der Waals surface area contributed by atoms with Crippen molar-refractivity contribution in [3.05, 3.63) is 64.7 Å². The van der Waals surface area contributed by atoms with E-state index >= 15 is 0 Å². The summed E-state index contributed by atoms with van der Waals surface area (Å²) in [5.74, 6) is 0. The molecule has 106 valence electrons. The van der Waals surface area contributed by atoms with Crippen molar-refractivity contribution in [2.45, 2.75) is 31.8 Å². The zero-order valence-corrected chi connectivity index (χ0v) is 12.4. The van der Waals surface area contributed by atoms with Crippen molar-refractivity contribution in [3.63, 3.8) is 0 Å². The van der Waals surface area contributed by atoms with Crippen LogP contribution in [0.25, 0.3) is 0 Å². The molecule has 3 N–H and O–H groups in total. The average Bonchev–Trinajstić information content (AvgIpc) is 2.45. The number of benzene rings is 2. The predicted octanol–water partition coefficient (Wildman–Crippen LogP) is 4.35. The molecule has 20 heavy (non-hydrogen) atoms. The maximum atomic E-state index is 11.2. The molecule has 0 bridgehead atoms. The minimum atomic E-state index is -1.06. The van der Waals surface area contributed by atoms with E-state index in [0.29, 0.717) is 17.1 Å². The van der Waals surface area contributed by atoms with Crippen LogP contribution in [0.4, 0.5) is 5.69 Å². The second-order valence-electron chi connectivity index (χ2n) is 5.06. The van der Waals surface area contributed by atoms with E-state index in [1.54, 1.807) is 12.1 Å². The van der Waals surface area contributed by atoms with Gasteiger partial charge in [0.1, 0.15) is 5.60 Å². The highest BCUT2D eigenvalue weighted by Crippen LogP contribution is 2.38. The Kier molecular flexibility index (Phi) is 4.69. The van der Waals surface area contributed by atoms with Crippen LogP contribution >= 0.6 is 11.6 Å². The van der Waals surface area contributed by atoms with Gasteiger partial charge >= 0.3 is 0 Å². The number of hydrogen-bond acceptors (Lipinski definition) is 2. The minimum Gasteiger partial charge on any atom is -0.398 e. The van der Waals surface area contributed by atoms with E-state index < -0.39 is 5.60 Å². The molecule has 0 aliphatic rings. The van der Waals surface area contributed by atoms with Gasteiger partial charge in [-0.1, -0.05) is 67.8 Å². The normalized spacial score (nSPS) is 13.9. The SMILES string of the molecule is CCCCC(O)(c1ccccc1)c1ccc(Cl)cc1N. The molecule has 0 spiro atoms. The molecule has 2 aromatic rings.